The third-order valence-electron chi connectivity index (χ3n) is 9.29. The Labute approximate surface area is 303 Å². The maximum absolute atomic E-state index is 14.1. The lowest BCUT2D eigenvalue weighted by Gasteiger charge is -2.34. The molecule has 1 aromatic heterocycles. The topological polar surface area (TPSA) is 95.4 Å². The van der Waals surface area contributed by atoms with Crippen molar-refractivity contribution in [2.75, 3.05) is 47.0 Å². The average molecular weight is 707 g/mol. The third kappa shape index (κ3) is 8.18. The molecule has 2 atom stereocenters. The largest absolute Gasteiger partial charge is 0.493 e. The number of benzene rings is 3. The van der Waals surface area contributed by atoms with Crippen molar-refractivity contribution in [2.45, 2.75) is 51.1 Å². The van der Waals surface area contributed by atoms with Gasteiger partial charge in [0.25, 0.3) is 5.91 Å². The first-order valence-electron chi connectivity index (χ1n) is 17.3. The Kier molecular flexibility index (Phi) is 11.2. The van der Waals surface area contributed by atoms with Crippen molar-refractivity contribution in [1.82, 2.24) is 19.1 Å². The van der Waals surface area contributed by atoms with Crippen LogP contribution in [0.4, 0.5) is 0 Å². The Bertz CT molecular complexity index is 1960. The molecule has 0 saturated carbocycles. The Morgan fingerprint density at radius 3 is 2.27 bits per heavy atom. The van der Waals surface area contributed by atoms with Crippen molar-refractivity contribution in [1.29, 1.82) is 0 Å². The van der Waals surface area contributed by atoms with Gasteiger partial charge in [-0.15, -0.1) is 0 Å². The minimum absolute atomic E-state index is 0.0772. The molecule has 1 amide bonds. The van der Waals surface area contributed by atoms with Crippen LogP contribution < -0.4 is 9.47 Å². The van der Waals surface area contributed by atoms with Crippen molar-refractivity contribution in [3.8, 4) is 34.6 Å². The SMILES string of the molecule is COc1ccc(C#Cc2cccc(-c3nc(C(=O)N4CCN(Cc5ccccc5)CC4)cc4c3[C@H](CCO)N([S@@](=O)C(C)(C)C)C4)c2)cc1OC. The van der Waals surface area contributed by atoms with Gasteiger partial charge in [-0.25, -0.2) is 13.5 Å². The second kappa shape index (κ2) is 15.8. The normalized spacial score (nSPS) is 17.0. The number of aliphatic hydroxyl groups excluding tert-OH is 1. The number of rotatable bonds is 9. The number of carbonyl (C=O) groups is 1. The van der Waals surface area contributed by atoms with Crippen LogP contribution in [0.25, 0.3) is 11.3 Å². The van der Waals surface area contributed by atoms with Crippen molar-refractivity contribution in [3.63, 3.8) is 0 Å². The standard InChI is InChI=1S/C41H46N4O5S/c1-41(2,3)51(48)45-28-33-26-34(40(47)44-21-19-43(20-22-44)27-31-10-7-6-8-11-31)42-39(38(33)35(45)18-23-46)32-13-9-12-29(24-32)14-15-30-16-17-36(49-4)37(25-30)50-5/h6-13,16-17,24-26,35,46H,18-23,27-28H2,1-5H3/t35-,51-/m0/s1. The van der Waals surface area contributed by atoms with E-state index in [1.807, 2.05) is 84.6 Å². The first-order chi connectivity index (χ1) is 24.6. The number of aromatic nitrogens is 1. The minimum atomic E-state index is -1.36. The van der Waals surface area contributed by atoms with E-state index in [0.717, 1.165) is 47.5 Å². The molecule has 2 aliphatic rings. The second-order valence-corrected chi connectivity index (χ2v) is 16.0. The van der Waals surface area contributed by atoms with E-state index in [4.69, 9.17) is 14.5 Å². The average Bonchev–Trinajstić information content (AvgIpc) is 3.51. The van der Waals surface area contributed by atoms with E-state index in [0.29, 0.717) is 48.9 Å². The van der Waals surface area contributed by atoms with E-state index in [1.165, 1.54) is 5.56 Å². The Balaban J connectivity index is 1.35. The van der Waals surface area contributed by atoms with Gasteiger partial charge in [-0.2, -0.15) is 0 Å². The first kappa shape index (κ1) is 36.3. The summed E-state index contributed by atoms with van der Waals surface area (Å²) in [7, 11) is 1.83. The number of pyridine rings is 1. The Hall–Kier alpha value is -4.53. The molecule has 2 aliphatic heterocycles. The number of amides is 1. The molecule has 6 rings (SSSR count). The summed E-state index contributed by atoms with van der Waals surface area (Å²) in [5.74, 6) is 7.61. The van der Waals surface area contributed by atoms with Crippen molar-refractivity contribution in [3.05, 3.63) is 112 Å². The smallest absolute Gasteiger partial charge is 0.272 e. The van der Waals surface area contributed by atoms with Crippen LogP contribution in [0, 0.1) is 11.8 Å². The van der Waals surface area contributed by atoms with Crippen LogP contribution in [0.1, 0.15) is 71.5 Å². The van der Waals surface area contributed by atoms with Crippen LogP contribution in [-0.4, -0.2) is 86.1 Å². The van der Waals surface area contributed by atoms with Crippen LogP contribution in [-0.2, 0) is 24.1 Å². The first-order valence-corrected chi connectivity index (χ1v) is 18.4. The third-order valence-corrected chi connectivity index (χ3v) is 11.1. The van der Waals surface area contributed by atoms with Gasteiger partial charge in [0.15, 0.2) is 11.5 Å². The lowest BCUT2D eigenvalue weighted by atomic mass is 9.95. The monoisotopic (exact) mass is 706 g/mol. The molecule has 0 unspecified atom stereocenters. The number of fused-ring (bicyclic) bond motifs is 1. The van der Waals surface area contributed by atoms with Gasteiger partial charge in [-0.1, -0.05) is 54.3 Å². The highest BCUT2D eigenvalue weighted by molar-refractivity contribution is 7.84. The fourth-order valence-electron chi connectivity index (χ4n) is 6.71. The van der Waals surface area contributed by atoms with E-state index in [1.54, 1.807) is 14.2 Å². The zero-order valence-electron chi connectivity index (χ0n) is 30.0. The molecule has 9 nitrogen and oxygen atoms in total. The van der Waals surface area contributed by atoms with Crippen LogP contribution >= 0.6 is 0 Å². The molecule has 1 fully saturated rings. The van der Waals surface area contributed by atoms with Crippen LogP contribution in [0.2, 0.25) is 0 Å². The molecule has 266 valence electrons. The fraction of sp³-hybridized carbons (Fsp3) is 0.366. The van der Waals surface area contributed by atoms with Gasteiger partial charge < -0.3 is 19.5 Å². The Morgan fingerprint density at radius 1 is 0.902 bits per heavy atom. The zero-order valence-corrected chi connectivity index (χ0v) is 30.8. The number of hydrogen-bond acceptors (Lipinski definition) is 7. The summed E-state index contributed by atoms with van der Waals surface area (Å²) in [6.45, 7) is 9.78. The molecule has 0 spiro atoms. The summed E-state index contributed by atoms with van der Waals surface area (Å²) >= 11 is 0. The number of ether oxygens (including phenoxy) is 2. The number of hydrogen-bond donors (Lipinski definition) is 1. The quantitative estimate of drug-likeness (QED) is 0.219. The van der Waals surface area contributed by atoms with Crippen LogP contribution in [0.15, 0.2) is 78.9 Å². The van der Waals surface area contributed by atoms with Crippen molar-refractivity contribution >= 4 is 16.9 Å². The Morgan fingerprint density at radius 2 is 1.61 bits per heavy atom. The second-order valence-electron chi connectivity index (χ2n) is 13.8. The zero-order chi connectivity index (χ0) is 36.1. The molecule has 10 heteroatoms. The van der Waals surface area contributed by atoms with E-state index in [2.05, 4.69) is 41.0 Å². The van der Waals surface area contributed by atoms with Gasteiger partial charge in [0, 0.05) is 68.1 Å². The van der Waals surface area contributed by atoms with Gasteiger partial charge >= 0.3 is 0 Å². The van der Waals surface area contributed by atoms with Gasteiger partial charge in [0.05, 0.1) is 30.7 Å². The molecule has 3 heterocycles. The van der Waals surface area contributed by atoms with Gasteiger partial charge in [0.2, 0.25) is 0 Å². The summed E-state index contributed by atoms with van der Waals surface area (Å²) in [5.41, 5.74) is 6.44. The van der Waals surface area contributed by atoms with Crippen molar-refractivity contribution < 1.29 is 23.6 Å². The number of aliphatic hydroxyl groups is 1. The molecule has 1 N–H and O–H groups in total. The highest BCUT2D eigenvalue weighted by atomic mass is 32.2. The summed E-state index contributed by atoms with van der Waals surface area (Å²) in [6.07, 6.45) is 0.388. The molecular weight excluding hydrogens is 661 g/mol. The fourth-order valence-corrected chi connectivity index (χ4v) is 8.12. The molecular formula is C41H46N4O5S. The predicted octanol–water partition coefficient (Wildman–Crippen LogP) is 5.82. The molecule has 0 aliphatic carbocycles. The highest BCUT2D eigenvalue weighted by Crippen LogP contribution is 2.44. The van der Waals surface area contributed by atoms with E-state index < -0.39 is 15.7 Å². The summed E-state index contributed by atoms with van der Waals surface area (Å²) < 4.78 is 26.1. The van der Waals surface area contributed by atoms with Gasteiger partial charge in [0.1, 0.15) is 16.7 Å². The molecule has 1 saturated heterocycles. The maximum atomic E-state index is 14.1. The summed E-state index contributed by atoms with van der Waals surface area (Å²) in [5, 5.41) is 10.2. The van der Waals surface area contributed by atoms with E-state index in [9.17, 15) is 14.1 Å². The van der Waals surface area contributed by atoms with E-state index in [-0.39, 0.29) is 18.6 Å². The van der Waals surface area contributed by atoms with Gasteiger partial charge in [-0.05, 0) is 74.7 Å². The van der Waals surface area contributed by atoms with Gasteiger partial charge in [-0.3, -0.25) is 9.69 Å². The number of nitrogens with zero attached hydrogens (tertiary/aromatic N) is 4. The van der Waals surface area contributed by atoms with E-state index >= 15 is 0 Å². The molecule has 0 bridgehead atoms. The summed E-state index contributed by atoms with van der Waals surface area (Å²) in [6, 6.07) is 25.3. The minimum Gasteiger partial charge on any atom is -0.493 e. The molecule has 0 radical (unpaired) electrons. The van der Waals surface area contributed by atoms with Crippen LogP contribution in [0.5, 0.6) is 11.5 Å². The molecule has 51 heavy (non-hydrogen) atoms. The van der Waals surface area contributed by atoms with Crippen LogP contribution in [0.3, 0.4) is 0 Å². The number of piperazine rings is 1. The molecule has 3 aromatic carbocycles. The van der Waals surface area contributed by atoms with Crippen molar-refractivity contribution in [2.24, 2.45) is 0 Å². The summed E-state index contributed by atoms with van der Waals surface area (Å²) in [4.78, 5) is 23.5. The highest BCUT2D eigenvalue weighted by Gasteiger charge is 2.41. The maximum Gasteiger partial charge on any atom is 0.272 e. The number of carbonyl (C=O) groups excluding carboxylic acids is 1. The molecule has 4 aromatic rings. The number of methoxy groups -OCH3 is 2. The lowest BCUT2D eigenvalue weighted by molar-refractivity contribution is 0.0622. The lowest BCUT2D eigenvalue weighted by Crippen LogP contribution is -2.48. The predicted molar refractivity (Wildman–Crippen MR) is 201 cm³/mol.